The third kappa shape index (κ3) is 4.45. The third-order valence-corrected chi connectivity index (χ3v) is 3.02. The van der Waals surface area contributed by atoms with Crippen molar-refractivity contribution in [2.24, 2.45) is 0 Å². The molecule has 1 aromatic carbocycles. The average molecular weight is 284 g/mol. The van der Waals surface area contributed by atoms with Crippen LogP contribution < -0.4 is 5.32 Å². The van der Waals surface area contributed by atoms with Gasteiger partial charge in [0.1, 0.15) is 6.61 Å². The molecule has 6 heteroatoms. The second-order valence-corrected chi connectivity index (χ2v) is 5.13. The van der Waals surface area contributed by atoms with Gasteiger partial charge in [-0.2, -0.15) is 0 Å². The molecule has 1 N–H and O–H groups in total. The Bertz CT molecular complexity index is 446. The van der Waals surface area contributed by atoms with Crippen molar-refractivity contribution in [3.63, 3.8) is 0 Å². The van der Waals surface area contributed by atoms with Crippen molar-refractivity contribution in [2.45, 2.75) is 25.5 Å². The molecule has 1 aliphatic rings. The number of rotatable bonds is 5. The summed E-state index contributed by atoms with van der Waals surface area (Å²) >= 11 is 0. The van der Waals surface area contributed by atoms with Gasteiger partial charge in [0.15, 0.2) is 0 Å². The Morgan fingerprint density at radius 2 is 2.05 bits per heavy atom. The highest BCUT2D eigenvalue weighted by Gasteiger charge is 2.43. The van der Waals surface area contributed by atoms with Gasteiger partial charge in [-0.05, 0) is 12.5 Å². The number of carbonyl (C=O) groups excluding carboxylic acids is 1. The van der Waals surface area contributed by atoms with Gasteiger partial charge in [-0.25, -0.2) is 13.6 Å². The van der Waals surface area contributed by atoms with Gasteiger partial charge < -0.3 is 10.1 Å². The van der Waals surface area contributed by atoms with Gasteiger partial charge in [0, 0.05) is 12.6 Å². The van der Waals surface area contributed by atoms with Crippen molar-refractivity contribution in [3.8, 4) is 0 Å². The van der Waals surface area contributed by atoms with Crippen LogP contribution in [0.2, 0.25) is 0 Å². The predicted molar refractivity (Wildman–Crippen MR) is 70.6 cm³/mol. The van der Waals surface area contributed by atoms with Crippen molar-refractivity contribution in [2.75, 3.05) is 19.6 Å². The maximum Gasteiger partial charge on any atom is 0.407 e. The molecule has 1 amide bonds. The Balaban J connectivity index is 1.64. The highest BCUT2D eigenvalue weighted by molar-refractivity contribution is 5.67. The number of amides is 1. The van der Waals surface area contributed by atoms with Gasteiger partial charge in [-0.15, -0.1) is 0 Å². The smallest absolute Gasteiger partial charge is 0.407 e. The van der Waals surface area contributed by atoms with Crippen LogP contribution in [0, 0.1) is 0 Å². The lowest BCUT2D eigenvalue weighted by Crippen LogP contribution is -2.59. The maximum atomic E-state index is 12.7. The Kier molecular flexibility index (Phi) is 4.54. The topological polar surface area (TPSA) is 41.6 Å². The summed E-state index contributed by atoms with van der Waals surface area (Å²) in [6.07, 6.45) is -0.534. The standard InChI is InChI=1S/C14H18F2N2O2/c1-11(7-18-9-14(15,16)10-18)17-13(19)20-8-12-5-3-2-4-6-12/h2-6,11H,7-10H2,1H3,(H,17,19)/t11-/m1/s1. The molecule has 1 atom stereocenters. The molecule has 1 aliphatic heterocycles. The second kappa shape index (κ2) is 6.17. The fourth-order valence-electron chi connectivity index (χ4n) is 2.14. The minimum atomic E-state index is -2.58. The molecule has 20 heavy (non-hydrogen) atoms. The number of carbonyl (C=O) groups is 1. The molecule has 1 fully saturated rings. The molecule has 0 bridgehead atoms. The van der Waals surface area contributed by atoms with E-state index < -0.39 is 12.0 Å². The number of halogens is 2. The molecule has 0 unspecified atom stereocenters. The summed E-state index contributed by atoms with van der Waals surface area (Å²) in [4.78, 5) is 13.1. The molecule has 0 radical (unpaired) electrons. The molecule has 2 rings (SSSR count). The van der Waals surface area contributed by atoms with E-state index in [1.54, 1.807) is 11.8 Å². The molecule has 4 nitrogen and oxygen atoms in total. The number of nitrogens with one attached hydrogen (secondary N) is 1. The molecule has 110 valence electrons. The Labute approximate surface area is 116 Å². The minimum Gasteiger partial charge on any atom is -0.445 e. The quantitative estimate of drug-likeness (QED) is 0.901. The third-order valence-electron chi connectivity index (χ3n) is 3.02. The van der Waals surface area contributed by atoms with Crippen molar-refractivity contribution in [1.29, 1.82) is 0 Å². The summed E-state index contributed by atoms with van der Waals surface area (Å²) in [5.74, 6) is -2.58. The lowest BCUT2D eigenvalue weighted by atomic mass is 10.1. The van der Waals surface area contributed by atoms with E-state index >= 15 is 0 Å². The van der Waals surface area contributed by atoms with Crippen LogP contribution in [-0.4, -0.2) is 42.6 Å². The number of hydrogen-bond acceptors (Lipinski definition) is 3. The number of alkyl halides is 2. The fourth-order valence-corrected chi connectivity index (χ4v) is 2.14. The molecular formula is C14H18F2N2O2. The van der Waals surface area contributed by atoms with Crippen LogP contribution in [0.5, 0.6) is 0 Å². The van der Waals surface area contributed by atoms with Crippen LogP contribution in [0.1, 0.15) is 12.5 Å². The second-order valence-electron chi connectivity index (χ2n) is 5.13. The van der Waals surface area contributed by atoms with Crippen LogP contribution in [0.4, 0.5) is 13.6 Å². The van der Waals surface area contributed by atoms with Crippen LogP contribution >= 0.6 is 0 Å². The van der Waals surface area contributed by atoms with E-state index in [4.69, 9.17) is 4.74 Å². The van der Waals surface area contributed by atoms with Crippen molar-refractivity contribution in [3.05, 3.63) is 35.9 Å². The zero-order chi connectivity index (χ0) is 14.6. The normalized spacial score (nSPS) is 18.9. The van der Waals surface area contributed by atoms with E-state index in [2.05, 4.69) is 5.32 Å². The van der Waals surface area contributed by atoms with E-state index in [1.165, 1.54) is 0 Å². The summed E-state index contributed by atoms with van der Waals surface area (Å²) < 4.78 is 30.4. The average Bonchev–Trinajstić information content (AvgIpc) is 2.35. The van der Waals surface area contributed by atoms with Gasteiger partial charge in [-0.1, -0.05) is 30.3 Å². The largest absolute Gasteiger partial charge is 0.445 e. The maximum absolute atomic E-state index is 12.7. The van der Waals surface area contributed by atoms with Crippen LogP contribution in [0.15, 0.2) is 30.3 Å². The SMILES string of the molecule is C[C@H](CN1CC(F)(F)C1)NC(=O)OCc1ccccc1. The molecular weight excluding hydrogens is 266 g/mol. The first kappa shape index (κ1) is 14.7. The van der Waals surface area contributed by atoms with Crippen molar-refractivity contribution >= 4 is 6.09 Å². The van der Waals surface area contributed by atoms with E-state index in [9.17, 15) is 13.6 Å². The van der Waals surface area contributed by atoms with Crippen molar-refractivity contribution < 1.29 is 18.3 Å². The summed E-state index contributed by atoms with van der Waals surface area (Å²) in [5.41, 5.74) is 0.901. The van der Waals surface area contributed by atoms with E-state index in [0.29, 0.717) is 6.54 Å². The summed E-state index contributed by atoms with van der Waals surface area (Å²) in [6.45, 7) is 1.88. The number of nitrogens with zero attached hydrogens (tertiary/aromatic N) is 1. The molecule has 0 aliphatic carbocycles. The zero-order valence-electron chi connectivity index (χ0n) is 11.3. The van der Waals surface area contributed by atoms with E-state index in [1.807, 2.05) is 30.3 Å². The highest BCUT2D eigenvalue weighted by atomic mass is 19.3. The first-order chi connectivity index (χ1) is 9.44. The monoisotopic (exact) mass is 284 g/mol. The highest BCUT2D eigenvalue weighted by Crippen LogP contribution is 2.26. The first-order valence-corrected chi connectivity index (χ1v) is 6.52. The van der Waals surface area contributed by atoms with Crippen LogP contribution in [0.25, 0.3) is 0 Å². The summed E-state index contributed by atoms with van der Waals surface area (Å²) in [7, 11) is 0. The number of hydrogen-bond donors (Lipinski definition) is 1. The van der Waals surface area contributed by atoms with E-state index in [-0.39, 0.29) is 25.7 Å². The van der Waals surface area contributed by atoms with Crippen LogP contribution in [-0.2, 0) is 11.3 Å². The van der Waals surface area contributed by atoms with Gasteiger partial charge in [0.25, 0.3) is 5.92 Å². The van der Waals surface area contributed by atoms with Gasteiger partial charge in [0.2, 0.25) is 0 Å². The molecule has 0 aromatic heterocycles. The van der Waals surface area contributed by atoms with Gasteiger partial charge in [-0.3, -0.25) is 4.90 Å². The van der Waals surface area contributed by atoms with E-state index in [0.717, 1.165) is 5.56 Å². The Morgan fingerprint density at radius 3 is 2.65 bits per heavy atom. The zero-order valence-corrected chi connectivity index (χ0v) is 11.3. The molecule has 1 saturated heterocycles. The van der Waals surface area contributed by atoms with Gasteiger partial charge in [0.05, 0.1) is 13.1 Å². The summed E-state index contributed by atoms with van der Waals surface area (Å²) in [6, 6.07) is 9.10. The fraction of sp³-hybridized carbons (Fsp3) is 0.500. The predicted octanol–water partition coefficient (Wildman–Crippen LogP) is 2.25. The Morgan fingerprint density at radius 1 is 1.40 bits per heavy atom. The summed E-state index contributed by atoms with van der Waals surface area (Å²) in [5, 5.41) is 2.63. The number of benzene rings is 1. The number of likely N-dealkylation sites (tertiary alicyclic amines) is 1. The van der Waals surface area contributed by atoms with Crippen molar-refractivity contribution in [1.82, 2.24) is 10.2 Å². The number of alkyl carbamates (subject to hydrolysis) is 1. The lowest BCUT2D eigenvalue weighted by molar-refractivity contribution is -0.131. The first-order valence-electron chi connectivity index (χ1n) is 6.52. The Hall–Kier alpha value is -1.69. The molecule has 0 spiro atoms. The lowest BCUT2D eigenvalue weighted by Gasteiger charge is -2.39. The number of ether oxygens (including phenoxy) is 1. The minimum absolute atomic E-state index is 0.196. The molecule has 1 heterocycles. The molecule has 1 aromatic rings. The van der Waals surface area contributed by atoms with Gasteiger partial charge >= 0.3 is 6.09 Å². The molecule has 0 saturated carbocycles. The van der Waals surface area contributed by atoms with Crippen LogP contribution in [0.3, 0.4) is 0 Å².